The van der Waals surface area contributed by atoms with Crippen LogP contribution in [0, 0.1) is 12.8 Å². The van der Waals surface area contributed by atoms with Gasteiger partial charge in [0, 0.05) is 24.5 Å². The van der Waals surface area contributed by atoms with E-state index in [2.05, 4.69) is 10.1 Å². The van der Waals surface area contributed by atoms with E-state index in [4.69, 9.17) is 10.8 Å². The Morgan fingerprint density at radius 2 is 2.22 bits per heavy atom. The maximum absolute atomic E-state index is 11.6. The lowest BCUT2D eigenvalue weighted by atomic mass is 10.1. The number of carbonyl (C=O) groups excluding carboxylic acids is 1. The van der Waals surface area contributed by atoms with Crippen molar-refractivity contribution < 1.29 is 14.6 Å². The molecule has 1 aromatic carbocycles. The van der Waals surface area contributed by atoms with Crippen LogP contribution >= 0.6 is 0 Å². The van der Waals surface area contributed by atoms with Gasteiger partial charge in [0.2, 0.25) is 0 Å². The zero-order valence-corrected chi connectivity index (χ0v) is 11.0. The average Bonchev–Trinajstić information content (AvgIpc) is 2.38. The number of aliphatic hydroxyl groups excluding tert-OH is 1. The molecule has 5 nitrogen and oxygen atoms in total. The van der Waals surface area contributed by atoms with Crippen LogP contribution in [0.3, 0.4) is 0 Å². The third kappa shape index (κ3) is 3.37. The lowest BCUT2D eigenvalue weighted by molar-refractivity contribution is 0.0602. The van der Waals surface area contributed by atoms with E-state index in [9.17, 15) is 4.79 Å². The number of carbonyl (C=O) groups is 1. The quantitative estimate of drug-likeness (QED) is 0.545. The summed E-state index contributed by atoms with van der Waals surface area (Å²) in [7, 11) is 1.32. The molecule has 0 aromatic heterocycles. The molecular weight excluding hydrogens is 232 g/mol. The number of nitrogen functional groups attached to an aromatic ring is 1. The molecule has 0 spiro atoms. The molecule has 4 N–H and O–H groups in total. The molecule has 18 heavy (non-hydrogen) atoms. The highest BCUT2D eigenvalue weighted by atomic mass is 16.5. The minimum Gasteiger partial charge on any atom is -0.465 e. The molecule has 1 unspecified atom stereocenters. The number of benzene rings is 1. The first-order chi connectivity index (χ1) is 8.49. The molecule has 0 radical (unpaired) electrons. The van der Waals surface area contributed by atoms with Crippen LogP contribution in [0.4, 0.5) is 11.4 Å². The van der Waals surface area contributed by atoms with Gasteiger partial charge in [-0.2, -0.15) is 0 Å². The summed E-state index contributed by atoms with van der Waals surface area (Å²) in [4.78, 5) is 11.6. The fourth-order valence-corrected chi connectivity index (χ4v) is 1.54. The van der Waals surface area contributed by atoms with Gasteiger partial charge in [0.05, 0.1) is 12.7 Å². The highest BCUT2D eigenvalue weighted by molar-refractivity contribution is 5.97. The van der Waals surface area contributed by atoms with Crippen molar-refractivity contribution in [3.8, 4) is 0 Å². The Balaban J connectivity index is 2.94. The normalized spacial score (nSPS) is 12.0. The van der Waals surface area contributed by atoms with Crippen LogP contribution in [0.1, 0.15) is 22.8 Å². The molecule has 0 bridgehead atoms. The summed E-state index contributed by atoms with van der Waals surface area (Å²) in [6.07, 6.45) is 0. The molecule has 0 amide bonds. The lowest BCUT2D eigenvalue weighted by Crippen LogP contribution is -2.15. The second-order valence-corrected chi connectivity index (χ2v) is 4.41. The summed E-state index contributed by atoms with van der Waals surface area (Å²) >= 11 is 0. The van der Waals surface area contributed by atoms with Gasteiger partial charge in [-0.25, -0.2) is 4.79 Å². The Labute approximate surface area is 107 Å². The highest BCUT2D eigenvalue weighted by Crippen LogP contribution is 2.23. The second kappa shape index (κ2) is 6.26. The molecule has 0 aliphatic rings. The maximum Gasteiger partial charge on any atom is 0.340 e. The second-order valence-electron chi connectivity index (χ2n) is 4.41. The van der Waals surface area contributed by atoms with Crippen molar-refractivity contribution in [2.24, 2.45) is 5.92 Å². The fraction of sp³-hybridized carbons (Fsp3) is 0.462. The van der Waals surface area contributed by atoms with E-state index in [1.165, 1.54) is 7.11 Å². The number of esters is 1. The van der Waals surface area contributed by atoms with E-state index in [1.54, 1.807) is 6.07 Å². The molecule has 0 aliphatic carbocycles. The van der Waals surface area contributed by atoms with Crippen LogP contribution in [0.25, 0.3) is 0 Å². The first kappa shape index (κ1) is 14.3. The van der Waals surface area contributed by atoms with Crippen LogP contribution < -0.4 is 11.1 Å². The molecular formula is C13H20N2O3. The van der Waals surface area contributed by atoms with E-state index in [0.29, 0.717) is 17.8 Å². The van der Waals surface area contributed by atoms with Crippen molar-refractivity contribution >= 4 is 17.3 Å². The van der Waals surface area contributed by atoms with Gasteiger partial charge < -0.3 is 20.9 Å². The molecule has 1 atom stereocenters. The van der Waals surface area contributed by atoms with Crippen LogP contribution in [-0.4, -0.2) is 31.3 Å². The molecule has 1 rings (SSSR count). The van der Waals surface area contributed by atoms with Gasteiger partial charge >= 0.3 is 5.97 Å². The van der Waals surface area contributed by atoms with Crippen LogP contribution in [0.2, 0.25) is 0 Å². The zero-order chi connectivity index (χ0) is 13.7. The maximum atomic E-state index is 11.6. The van der Waals surface area contributed by atoms with Crippen molar-refractivity contribution in [1.82, 2.24) is 0 Å². The molecule has 0 saturated heterocycles. The summed E-state index contributed by atoms with van der Waals surface area (Å²) in [6.45, 7) is 4.51. The Morgan fingerprint density at radius 3 is 2.78 bits per heavy atom. The number of nitrogens with two attached hydrogens (primary N) is 1. The molecule has 5 heteroatoms. The number of nitrogens with one attached hydrogen (secondary N) is 1. The molecule has 0 aliphatic heterocycles. The largest absolute Gasteiger partial charge is 0.465 e. The van der Waals surface area contributed by atoms with Gasteiger partial charge in [-0.1, -0.05) is 6.92 Å². The lowest BCUT2D eigenvalue weighted by Gasteiger charge is -2.14. The van der Waals surface area contributed by atoms with E-state index < -0.39 is 5.97 Å². The van der Waals surface area contributed by atoms with Crippen molar-refractivity contribution in [2.45, 2.75) is 13.8 Å². The van der Waals surface area contributed by atoms with E-state index in [-0.39, 0.29) is 12.5 Å². The zero-order valence-electron chi connectivity index (χ0n) is 11.0. The number of aryl methyl sites for hydroxylation is 1. The number of rotatable bonds is 5. The third-order valence-electron chi connectivity index (χ3n) is 2.76. The number of anilines is 2. The summed E-state index contributed by atoms with van der Waals surface area (Å²) in [5, 5.41) is 12.1. The summed E-state index contributed by atoms with van der Waals surface area (Å²) in [6, 6.07) is 3.53. The average molecular weight is 252 g/mol. The van der Waals surface area contributed by atoms with E-state index in [1.807, 2.05) is 19.9 Å². The molecule has 0 heterocycles. The van der Waals surface area contributed by atoms with Gasteiger partial charge in [0.15, 0.2) is 0 Å². The molecule has 100 valence electrons. The topological polar surface area (TPSA) is 84.6 Å². The van der Waals surface area contributed by atoms with Gasteiger partial charge in [0.1, 0.15) is 0 Å². The molecule has 0 saturated carbocycles. The SMILES string of the molecule is COC(=O)c1cc(NCC(C)CO)cc(C)c1N. The predicted molar refractivity (Wildman–Crippen MR) is 71.7 cm³/mol. The van der Waals surface area contributed by atoms with Gasteiger partial charge in [0.25, 0.3) is 0 Å². The molecule has 1 aromatic rings. The number of ether oxygens (including phenoxy) is 1. The van der Waals surface area contributed by atoms with Gasteiger partial charge in [-0.3, -0.25) is 0 Å². The fourth-order valence-electron chi connectivity index (χ4n) is 1.54. The first-order valence-corrected chi connectivity index (χ1v) is 5.82. The van der Waals surface area contributed by atoms with E-state index >= 15 is 0 Å². The van der Waals surface area contributed by atoms with Crippen molar-refractivity contribution in [1.29, 1.82) is 0 Å². The number of methoxy groups -OCH3 is 1. The van der Waals surface area contributed by atoms with Crippen molar-refractivity contribution in [2.75, 3.05) is 31.3 Å². The minimum atomic E-state index is -0.450. The van der Waals surface area contributed by atoms with E-state index in [0.717, 1.165) is 11.3 Å². The van der Waals surface area contributed by atoms with Crippen LogP contribution in [0.5, 0.6) is 0 Å². The predicted octanol–water partition coefficient (Wildman–Crippen LogP) is 1.40. The summed E-state index contributed by atoms with van der Waals surface area (Å²) in [5.74, 6) is -0.307. The van der Waals surface area contributed by atoms with Gasteiger partial charge in [-0.05, 0) is 30.5 Å². The Kier molecular flexibility index (Phi) is 4.97. The smallest absolute Gasteiger partial charge is 0.340 e. The summed E-state index contributed by atoms with van der Waals surface area (Å²) in [5.41, 5.74) is 8.24. The Morgan fingerprint density at radius 1 is 1.56 bits per heavy atom. The summed E-state index contributed by atoms with van der Waals surface area (Å²) < 4.78 is 4.69. The standard InChI is InChI=1S/C13H20N2O3/c1-8(7-16)6-15-10-4-9(2)12(14)11(5-10)13(17)18-3/h4-5,8,15-16H,6-7,14H2,1-3H3. The minimum absolute atomic E-state index is 0.116. The first-order valence-electron chi connectivity index (χ1n) is 5.82. The Hall–Kier alpha value is -1.75. The third-order valence-corrected chi connectivity index (χ3v) is 2.76. The van der Waals surface area contributed by atoms with Crippen molar-refractivity contribution in [3.63, 3.8) is 0 Å². The van der Waals surface area contributed by atoms with Crippen molar-refractivity contribution in [3.05, 3.63) is 23.3 Å². The van der Waals surface area contributed by atoms with Crippen LogP contribution in [0.15, 0.2) is 12.1 Å². The highest BCUT2D eigenvalue weighted by Gasteiger charge is 2.13. The monoisotopic (exact) mass is 252 g/mol. The van der Waals surface area contributed by atoms with Gasteiger partial charge in [-0.15, -0.1) is 0 Å². The van der Waals surface area contributed by atoms with Crippen LogP contribution in [-0.2, 0) is 4.74 Å². The molecule has 0 fully saturated rings. The number of hydrogen-bond acceptors (Lipinski definition) is 5. The number of hydrogen-bond donors (Lipinski definition) is 3. The Bertz CT molecular complexity index is 432. The number of aliphatic hydroxyl groups is 1.